The lowest BCUT2D eigenvalue weighted by atomic mass is 9.88. The molecule has 108 valence electrons. The van der Waals surface area contributed by atoms with E-state index in [1.165, 1.54) is 17.5 Å². The first-order valence-corrected chi connectivity index (χ1v) is 7.09. The van der Waals surface area contributed by atoms with Crippen molar-refractivity contribution in [3.8, 4) is 0 Å². The highest BCUT2D eigenvalue weighted by Crippen LogP contribution is 2.27. The zero-order valence-corrected chi connectivity index (χ0v) is 13.1. The van der Waals surface area contributed by atoms with E-state index in [1.54, 1.807) is 0 Å². The number of hydrogen-bond acceptors (Lipinski definition) is 1. The molecule has 0 amide bonds. The molecule has 1 nitrogen and oxygen atoms in total. The van der Waals surface area contributed by atoms with Gasteiger partial charge >= 0.3 is 0 Å². The number of halogens is 1. The molecule has 0 spiro atoms. The van der Waals surface area contributed by atoms with Crippen LogP contribution >= 0.6 is 12.4 Å². The summed E-state index contributed by atoms with van der Waals surface area (Å²) >= 11 is 0. The summed E-state index contributed by atoms with van der Waals surface area (Å²) in [6.45, 7) is 4.45. The van der Waals surface area contributed by atoms with Crippen LogP contribution in [0.4, 0.5) is 0 Å². The lowest BCUT2D eigenvalue weighted by Gasteiger charge is -2.21. The summed E-state index contributed by atoms with van der Waals surface area (Å²) in [5.74, 6) is 0.497. The molecular formula is C18H24ClN. The molecule has 2 aromatic rings. The summed E-state index contributed by atoms with van der Waals surface area (Å²) < 4.78 is 0. The molecule has 0 saturated heterocycles. The van der Waals surface area contributed by atoms with E-state index in [0.29, 0.717) is 5.92 Å². The summed E-state index contributed by atoms with van der Waals surface area (Å²) in [6, 6.07) is 21.7. The Morgan fingerprint density at radius 1 is 0.850 bits per heavy atom. The van der Waals surface area contributed by atoms with Crippen LogP contribution in [0.15, 0.2) is 60.7 Å². The van der Waals surface area contributed by atoms with Gasteiger partial charge in [-0.25, -0.2) is 0 Å². The van der Waals surface area contributed by atoms with Crippen LogP contribution in [0.5, 0.6) is 0 Å². The highest BCUT2D eigenvalue weighted by Gasteiger charge is 2.13. The van der Waals surface area contributed by atoms with E-state index in [0.717, 1.165) is 13.1 Å². The molecule has 0 aromatic heterocycles. The van der Waals surface area contributed by atoms with Crippen molar-refractivity contribution in [2.75, 3.05) is 20.1 Å². The maximum atomic E-state index is 2.37. The highest BCUT2D eigenvalue weighted by molar-refractivity contribution is 5.85. The van der Waals surface area contributed by atoms with Gasteiger partial charge in [-0.3, -0.25) is 0 Å². The molecule has 20 heavy (non-hydrogen) atoms. The number of benzene rings is 2. The van der Waals surface area contributed by atoms with Crippen molar-refractivity contribution < 1.29 is 0 Å². The van der Waals surface area contributed by atoms with Gasteiger partial charge in [-0.15, -0.1) is 12.4 Å². The third-order valence-electron chi connectivity index (χ3n) is 3.74. The number of nitrogens with zero attached hydrogens (tertiary/aromatic N) is 1. The van der Waals surface area contributed by atoms with Gasteiger partial charge in [0.1, 0.15) is 0 Å². The summed E-state index contributed by atoms with van der Waals surface area (Å²) in [5, 5.41) is 0. The molecule has 0 heterocycles. The highest BCUT2D eigenvalue weighted by atomic mass is 35.5. The molecular weight excluding hydrogens is 266 g/mol. The van der Waals surface area contributed by atoms with E-state index in [1.807, 2.05) is 0 Å². The van der Waals surface area contributed by atoms with Crippen LogP contribution < -0.4 is 0 Å². The van der Waals surface area contributed by atoms with Gasteiger partial charge in [-0.05, 0) is 37.7 Å². The molecule has 0 aliphatic heterocycles. The monoisotopic (exact) mass is 289 g/mol. The smallest absolute Gasteiger partial charge is 0.0101 e. The second-order valence-corrected chi connectivity index (χ2v) is 5.06. The van der Waals surface area contributed by atoms with Crippen LogP contribution in [0.25, 0.3) is 0 Å². The minimum atomic E-state index is 0. The Bertz CT molecular complexity index is 430. The molecule has 2 aromatic carbocycles. The molecule has 0 atom stereocenters. The molecule has 2 heteroatoms. The topological polar surface area (TPSA) is 3.24 Å². The molecule has 0 N–H and O–H groups in total. The van der Waals surface area contributed by atoms with E-state index in [-0.39, 0.29) is 12.4 Å². The lowest BCUT2D eigenvalue weighted by Crippen LogP contribution is -2.21. The average Bonchev–Trinajstić information content (AvgIpc) is 2.49. The standard InChI is InChI=1S/C18H23N.ClH/c1-3-19(2)15-14-18(16-10-6-4-7-11-16)17-12-8-5-9-13-17;/h4-13,18H,3,14-15H2,1-2H3;1H. The predicted molar refractivity (Wildman–Crippen MR) is 89.8 cm³/mol. The summed E-state index contributed by atoms with van der Waals surface area (Å²) in [6.07, 6.45) is 1.17. The second-order valence-electron chi connectivity index (χ2n) is 5.06. The van der Waals surface area contributed by atoms with Crippen LogP contribution in [-0.4, -0.2) is 25.0 Å². The van der Waals surface area contributed by atoms with Crippen molar-refractivity contribution in [3.05, 3.63) is 71.8 Å². The van der Waals surface area contributed by atoms with Gasteiger partial charge in [-0.1, -0.05) is 67.6 Å². The SMILES string of the molecule is CCN(C)CCC(c1ccccc1)c1ccccc1.Cl. The van der Waals surface area contributed by atoms with Gasteiger partial charge < -0.3 is 4.90 Å². The van der Waals surface area contributed by atoms with Crippen LogP contribution in [-0.2, 0) is 0 Å². The lowest BCUT2D eigenvalue weighted by molar-refractivity contribution is 0.340. The quantitative estimate of drug-likeness (QED) is 0.752. The molecule has 0 aliphatic carbocycles. The van der Waals surface area contributed by atoms with Crippen molar-refractivity contribution in [2.24, 2.45) is 0 Å². The molecule has 0 radical (unpaired) electrons. The van der Waals surface area contributed by atoms with Crippen molar-refractivity contribution in [3.63, 3.8) is 0 Å². The molecule has 0 unspecified atom stereocenters. The van der Waals surface area contributed by atoms with Gasteiger partial charge in [0.05, 0.1) is 0 Å². The normalized spacial score (nSPS) is 10.6. The Kier molecular flexibility index (Phi) is 7.35. The minimum absolute atomic E-state index is 0. The van der Waals surface area contributed by atoms with Crippen molar-refractivity contribution >= 4 is 12.4 Å². The van der Waals surface area contributed by atoms with E-state index in [2.05, 4.69) is 79.5 Å². The van der Waals surface area contributed by atoms with E-state index in [4.69, 9.17) is 0 Å². The van der Waals surface area contributed by atoms with Gasteiger partial charge in [-0.2, -0.15) is 0 Å². The van der Waals surface area contributed by atoms with Gasteiger partial charge in [0.2, 0.25) is 0 Å². The zero-order chi connectivity index (χ0) is 13.5. The first-order chi connectivity index (χ1) is 9.31. The third-order valence-corrected chi connectivity index (χ3v) is 3.74. The molecule has 0 fully saturated rings. The Balaban J connectivity index is 0.00000200. The van der Waals surface area contributed by atoms with Crippen LogP contribution in [0.2, 0.25) is 0 Å². The molecule has 0 saturated carbocycles. The fourth-order valence-electron chi connectivity index (χ4n) is 2.40. The molecule has 0 aliphatic rings. The zero-order valence-electron chi connectivity index (χ0n) is 12.3. The maximum absolute atomic E-state index is 2.37. The predicted octanol–water partition coefficient (Wildman–Crippen LogP) is 4.58. The van der Waals surface area contributed by atoms with E-state index in [9.17, 15) is 0 Å². The Morgan fingerprint density at radius 3 is 1.70 bits per heavy atom. The van der Waals surface area contributed by atoms with Crippen molar-refractivity contribution in [2.45, 2.75) is 19.3 Å². The Labute approximate surface area is 129 Å². The summed E-state index contributed by atoms with van der Waals surface area (Å²) in [5.41, 5.74) is 2.83. The van der Waals surface area contributed by atoms with E-state index >= 15 is 0 Å². The number of hydrogen-bond donors (Lipinski definition) is 0. The summed E-state index contributed by atoms with van der Waals surface area (Å²) in [7, 11) is 2.19. The largest absolute Gasteiger partial charge is 0.307 e. The number of rotatable bonds is 6. The minimum Gasteiger partial charge on any atom is -0.307 e. The maximum Gasteiger partial charge on any atom is 0.0101 e. The summed E-state index contributed by atoms with van der Waals surface area (Å²) in [4.78, 5) is 2.37. The van der Waals surface area contributed by atoms with Crippen LogP contribution in [0, 0.1) is 0 Å². The van der Waals surface area contributed by atoms with Gasteiger partial charge in [0.15, 0.2) is 0 Å². The van der Waals surface area contributed by atoms with Crippen molar-refractivity contribution in [1.82, 2.24) is 4.90 Å². The Hall–Kier alpha value is -1.31. The van der Waals surface area contributed by atoms with Crippen LogP contribution in [0.1, 0.15) is 30.4 Å². The van der Waals surface area contributed by atoms with Crippen molar-refractivity contribution in [1.29, 1.82) is 0 Å². The fraction of sp³-hybridized carbons (Fsp3) is 0.333. The second kappa shape index (κ2) is 8.78. The first-order valence-electron chi connectivity index (χ1n) is 7.09. The van der Waals surface area contributed by atoms with Gasteiger partial charge in [0.25, 0.3) is 0 Å². The average molecular weight is 290 g/mol. The fourth-order valence-corrected chi connectivity index (χ4v) is 2.40. The van der Waals surface area contributed by atoms with Crippen LogP contribution in [0.3, 0.4) is 0 Å². The molecule has 0 bridgehead atoms. The third kappa shape index (κ3) is 4.66. The molecule has 2 rings (SSSR count). The van der Waals surface area contributed by atoms with E-state index < -0.39 is 0 Å². The van der Waals surface area contributed by atoms with Gasteiger partial charge in [0, 0.05) is 5.92 Å². The first kappa shape index (κ1) is 16.7. The Morgan fingerprint density at radius 2 is 1.30 bits per heavy atom.